The largest absolute Gasteiger partial charge is 0.398 e. The van der Waals surface area contributed by atoms with Crippen LogP contribution in [0.15, 0.2) is 28.7 Å². The van der Waals surface area contributed by atoms with Crippen molar-refractivity contribution in [3.05, 3.63) is 57.1 Å². The molecular formula is C15H13BrF2N2O. The third-order valence-corrected chi connectivity index (χ3v) is 4.28. The smallest absolute Gasteiger partial charge is 0.257 e. The molecule has 3 nitrogen and oxygen atoms in total. The van der Waals surface area contributed by atoms with E-state index in [0.29, 0.717) is 5.69 Å². The summed E-state index contributed by atoms with van der Waals surface area (Å²) in [5, 5.41) is 2.63. The summed E-state index contributed by atoms with van der Waals surface area (Å²) in [6.45, 7) is 3.78. The van der Waals surface area contributed by atoms with Crippen molar-refractivity contribution in [2.45, 2.75) is 13.8 Å². The molecule has 0 bridgehead atoms. The molecule has 1 amide bonds. The molecule has 0 radical (unpaired) electrons. The molecule has 0 spiro atoms. The highest BCUT2D eigenvalue weighted by atomic mass is 79.9. The van der Waals surface area contributed by atoms with Gasteiger partial charge in [0.15, 0.2) is 11.6 Å². The maximum atomic E-state index is 13.2. The summed E-state index contributed by atoms with van der Waals surface area (Å²) in [5.74, 6) is -2.79. The SMILES string of the molecule is Cc1cc(NC(=O)c2cc(F)c(F)cc2N)cc(C)c1Br. The Morgan fingerprint density at radius 2 is 1.62 bits per heavy atom. The standard InChI is InChI=1S/C15H13BrF2N2O/c1-7-3-9(4-8(2)14(7)16)20-15(21)10-5-11(17)12(18)6-13(10)19/h3-6H,19H2,1-2H3,(H,20,21). The molecule has 0 aliphatic rings. The molecule has 0 fully saturated rings. The van der Waals surface area contributed by atoms with Crippen LogP contribution in [0.25, 0.3) is 0 Å². The van der Waals surface area contributed by atoms with Gasteiger partial charge in [0.1, 0.15) is 0 Å². The van der Waals surface area contributed by atoms with E-state index in [9.17, 15) is 13.6 Å². The number of halogens is 3. The van der Waals surface area contributed by atoms with E-state index in [-0.39, 0.29) is 11.3 Å². The average molecular weight is 355 g/mol. The van der Waals surface area contributed by atoms with Gasteiger partial charge in [0, 0.05) is 21.9 Å². The van der Waals surface area contributed by atoms with Gasteiger partial charge in [0.2, 0.25) is 0 Å². The number of benzene rings is 2. The van der Waals surface area contributed by atoms with Gasteiger partial charge in [0.25, 0.3) is 5.91 Å². The number of hydrogen-bond donors (Lipinski definition) is 2. The van der Waals surface area contributed by atoms with E-state index in [1.165, 1.54) is 0 Å². The molecule has 0 saturated carbocycles. The number of rotatable bonds is 2. The van der Waals surface area contributed by atoms with Gasteiger partial charge in [-0.15, -0.1) is 0 Å². The zero-order valence-corrected chi connectivity index (χ0v) is 13.0. The lowest BCUT2D eigenvalue weighted by Gasteiger charge is -2.11. The third-order valence-electron chi connectivity index (χ3n) is 3.03. The minimum Gasteiger partial charge on any atom is -0.398 e. The summed E-state index contributed by atoms with van der Waals surface area (Å²) in [4.78, 5) is 12.1. The molecule has 0 aromatic heterocycles. The van der Waals surface area contributed by atoms with Crippen LogP contribution in [0.2, 0.25) is 0 Å². The highest BCUT2D eigenvalue weighted by Gasteiger charge is 2.15. The summed E-state index contributed by atoms with van der Waals surface area (Å²) in [6.07, 6.45) is 0. The number of amides is 1. The Bertz CT molecular complexity index is 709. The molecule has 6 heteroatoms. The number of nitrogens with two attached hydrogens (primary N) is 1. The van der Waals surface area contributed by atoms with E-state index in [2.05, 4.69) is 21.2 Å². The van der Waals surface area contributed by atoms with Gasteiger partial charge in [-0.05, 0) is 43.2 Å². The zero-order chi connectivity index (χ0) is 15.7. The normalized spacial score (nSPS) is 10.5. The Kier molecular flexibility index (Phi) is 4.27. The van der Waals surface area contributed by atoms with E-state index in [4.69, 9.17) is 5.73 Å². The molecule has 0 atom stereocenters. The maximum Gasteiger partial charge on any atom is 0.257 e. The molecule has 0 aliphatic heterocycles. The molecular weight excluding hydrogens is 342 g/mol. The molecule has 0 saturated heterocycles. The predicted molar refractivity (Wildman–Crippen MR) is 82.3 cm³/mol. The highest BCUT2D eigenvalue weighted by molar-refractivity contribution is 9.10. The minimum atomic E-state index is -1.11. The molecule has 110 valence electrons. The van der Waals surface area contributed by atoms with Crippen molar-refractivity contribution in [1.29, 1.82) is 0 Å². The Hall–Kier alpha value is -1.95. The summed E-state index contributed by atoms with van der Waals surface area (Å²) in [6, 6.07) is 5.12. The Morgan fingerprint density at radius 1 is 1.10 bits per heavy atom. The first kappa shape index (κ1) is 15.4. The van der Waals surface area contributed by atoms with E-state index in [1.807, 2.05) is 13.8 Å². The second-order valence-electron chi connectivity index (χ2n) is 4.73. The van der Waals surface area contributed by atoms with Crippen LogP contribution in [0.3, 0.4) is 0 Å². The van der Waals surface area contributed by atoms with Crippen LogP contribution in [0.1, 0.15) is 21.5 Å². The van der Waals surface area contributed by atoms with Crippen LogP contribution < -0.4 is 11.1 Å². The van der Waals surface area contributed by atoms with E-state index in [1.54, 1.807) is 12.1 Å². The van der Waals surface area contributed by atoms with E-state index >= 15 is 0 Å². The fraction of sp³-hybridized carbons (Fsp3) is 0.133. The lowest BCUT2D eigenvalue weighted by molar-refractivity contribution is 0.102. The fourth-order valence-corrected chi connectivity index (χ4v) is 2.20. The summed E-state index contributed by atoms with van der Waals surface area (Å²) in [7, 11) is 0. The predicted octanol–water partition coefficient (Wildman–Crippen LogP) is 4.18. The van der Waals surface area contributed by atoms with Crippen LogP contribution in [-0.2, 0) is 0 Å². The van der Waals surface area contributed by atoms with Crippen LogP contribution in [0, 0.1) is 25.5 Å². The van der Waals surface area contributed by atoms with E-state index in [0.717, 1.165) is 27.7 Å². The van der Waals surface area contributed by atoms with E-state index < -0.39 is 17.5 Å². The molecule has 2 aromatic carbocycles. The van der Waals surface area contributed by atoms with Gasteiger partial charge in [-0.25, -0.2) is 8.78 Å². The van der Waals surface area contributed by atoms with Crippen LogP contribution in [-0.4, -0.2) is 5.91 Å². The molecule has 21 heavy (non-hydrogen) atoms. The average Bonchev–Trinajstić information content (AvgIpc) is 2.40. The highest BCUT2D eigenvalue weighted by Crippen LogP contribution is 2.26. The first-order valence-electron chi connectivity index (χ1n) is 6.12. The number of carbonyl (C=O) groups is 1. The molecule has 3 N–H and O–H groups in total. The summed E-state index contributed by atoms with van der Waals surface area (Å²) < 4.78 is 27.2. The van der Waals surface area contributed by atoms with Gasteiger partial charge in [-0.3, -0.25) is 4.79 Å². The minimum absolute atomic E-state index is 0.105. The first-order chi connectivity index (χ1) is 9.79. The third kappa shape index (κ3) is 3.21. The van der Waals surface area contributed by atoms with Gasteiger partial charge >= 0.3 is 0 Å². The number of hydrogen-bond acceptors (Lipinski definition) is 2. The van der Waals surface area contributed by atoms with Gasteiger partial charge in [-0.2, -0.15) is 0 Å². The van der Waals surface area contributed by atoms with Gasteiger partial charge in [0.05, 0.1) is 5.56 Å². The van der Waals surface area contributed by atoms with Crippen molar-refractivity contribution in [2.24, 2.45) is 0 Å². The zero-order valence-electron chi connectivity index (χ0n) is 11.4. The van der Waals surface area contributed by atoms with Crippen LogP contribution in [0.4, 0.5) is 20.2 Å². The van der Waals surface area contributed by atoms with Crippen molar-refractivity contribution in [3.8, 4) is 0 Å². The van der Waals surface area contributed by atoms with Crippen LogP contribution >= 0.6 is 15.9 Å². The Morgan fingerprint density at radius 3 is 2.19 bits per heavy atom. The number of carbonyl (C=O) groups excluding carboxylic acids is 1. The Labute approximate surface area is 129 Å². The van der Waals surface area contributed by atoms with Crippen molar-refractivity contribution >= 4 is 33.2 Å². The number of anilines is 2. The molecule has 0 unspecified atom stereocenters. The maximum absolute atomic E-state index is 13.2. The second kappa shape index (κ2) is 5.81. The van der Waals surface area contributed by atoms with Gasteiger partial charge < -0.3 is 11.1 Å². The number of aryl methyl sites for hydroxylation is 2. The van der Waals surface area contributed by atoms with Crippen molar-refractivity contribution in [2.75, 3.05) is 11.1 Å². The lowest BCUT2D eigenvalue weighted by Crippen LogP contribution is -2.15. The van der Waals surface area contributed by atoms with Crippen molar-refractivity contribution < 1.29 is 13.6 Å². The summed E-state index contributed by atoms with van der Waals surface area (Å²) in [5.41, 5.74) is 7.79. The topological polar surface area (TPSA) is 55.1 Å². The monoisotopic (exact) mass is 354 g/mol. The Balaban J connectivity index is 2.32. The first-order valence-corrected chi connectivity index (χ1v) is 6.91. The lowest BCUT2D eigenvalue weighted by atomic mass is 10.1. The molecule has 0 heterocycles. The number of nitrogens with one attached hydrogen (secondary N) is 1. The van der Waals surface area contributed by atoms with Crippen molar-refractivity contribution in [1.82, 2.24) is 0 Å². The molecule has 0 aliphatic carbocycles. The molecule has 2 aromatic rings. The van der Waals surface area contributed by atoms with Crippen molar-refractivity contribution in [3.63, 3.8) is 0 Å². The quantitative estimate of drug-likeness (QED) is 0.794. The van der Waals surface area contributed by atoms with Gasteiger partial charge in [-0.1, -0.05) is 15.9 Å². The summed E-state index contributed by atoms with van der Waals surface area (Å²) >= 11 is 3.43. The fourth-order valence-electron chi connectivity index (χ4n) is 1.98. The molecule has 2 rings (SSSR count). The number of nitrogen functional groups attached to an aromatic ring is 1. The second-order valence-corrected chi connectivity index (χ2v) is 5.52. The van der Waals surface area contributed by atoms with Crippen LogP contribution in [0.5, 0.6) is 0 Å².